The van der Waals surface area contributed by atoms with Crippen molar-refractivity contribution in [2.45, 2.75) is 36.5 Å². The summed E-state index contributed by atoms with van der Waals surface area (Å²) in [6.07, 6.45) is 8.54. The topological polar surface area (TPSA) is 91.2 Å². The lowest BCUT2D eigenvalue weighted by Crippen LogP contribution is -2.49. The molecule has 4 heterocycles. The maximum Gasteiger partial charge on any atom is 0.233 e. The zero-order valence-electron chi connectivity index (χ0n) is 19.5. The number of piperazine rings is 1. The zero-order chi connectivity index (χ0) is 23.6. The highest BCUT2D eigenvalue weighted by atomic mass is 32.2. The molecule has 180 valence electrons. The molecule has 1 N–H and O–H groups in total. The molecule has 2 aliphatic rings. The fraction of sp³-hybridized carbons (Fsp3) is 0.385. The first kappa shape index (κ1) is 22.2. The highest BCUT2D eigenvalue weighted by Crippen LogP contribution is 2.34. The number of fused-ring (bicyclic) bond motifs is 1. The van der Waals surface area contributed by atoms with Crippen molar-refractivity contribution in [1.82, 2.24) is 25.0 Å². The molecule has 1 aliphatic heterocycles. The van der Waals surface area contributed by atoms with Crippen molar-refractivity contribution in [2.75, 3.05) is 36.8 Å². The Kier molecular flexibility index (Phi) is 6.16. The van der Waals surface area contributed by atoms with Crippen LogP contribution in [0.15, 0.2) is 58.2 Å². The van der Waals surface area contributed by atoms with Crippen molar-refractivity contribution < 1.29 is 9.32 Å². The minimum Gasteiger partial charge on any atom is -0.360 e. The number of carbonyl (C=O) groups is 1. The summed E-state index contributed by atoms with van der Waals surface area (Å²) in [5.41, 5.74) is 1.97. The van der Waals surface area contributed by atoms with Crippen molar-refractivity contribution in [2.24, 2.45) is 0 Å². The van der Waals surface area contributed by atoms with Gasteiger partial charge >= 0.3 is 0 Å². The Balaban J connectivity index is 1.02. The molecule has 1 saturated carbocycles. The van der Waals surface area contributed by atoms with Crippen molar-refractivity contribution >= 4 is 34.4 Å². The molecule has 0 spiro atoms. The maximum absolute atomic E-state index is 12.8. The third-order valence-corrected chi connectivity index (χ3v) is 8.05. The molecule has 1 aromatic carbocycles. The van der Waals surface area contributed by atoms with E-state index in [0.29, 0.717) is 30.6 Å². The Morgan fingerprint density at radius 1 is 1.09 bits per heavy atom. The Labute approximate surface area is 208 Å². The summed E-state index contributed by atoms with van der Waals surface area (Å²) in [6, 6.07) is 12.2. The van der Waals surface area contributed by atoms with E-state index in [1.807, 2.05) is 41.6 Å². The summed E-state index contributed by atoms with van der Waals surface area (Å²) in [4.78, 5) is 30.6. The maximum atomic E-state index is 12.8. The Morgan fingerprint density at radius 3 is 2.71 bits per heavy atom. The number of aromatic nitrogens is 4. The van der Waals surface area contributed by atoms with Gasteiger partial charge in [-0.2, -0.15) is 4.98 Å². The highest BCUT2D eigenvalue weighted by Gasteiger charge is 2.24. The minimum absolute atomic E-state index is 0.179. The number of amides is 1. The van der Waals surface area contributed by atoms with Crippen LogP contribution in [0.2, 0.25) is 0 Å². The van der Waals surface area contributed by atoms with Gasteiger partial charge < -0.3 is 19.3 Å². The van der Waals surface area contributed by atoms with E-state index in [1.165, 1.54) is 18.2 Å². The Morgan fingerprint density at radius 2 is 1.91 bits per heavy atom. The van der Waals surface area contributed by atoms with Gasteiger partial charge in [-0.05, 0) is 31.0 Å². The quantitative estimate of drug-likeness (QED) is 0.393. The van der Waals surface area contributed by atoms with E-state index >= 15 is 0 Å². The lowest BCUT2D eigenvalue weighted by atomic mass is 10.1. The van der Waals surface area contributed by atoms with E-state index in [4.69, 9.17) is 4.52 Å². The normalized spacial score (nSPS) is 16.9. The van der Waals surface area contributed by atoms with Gasteiger partial charge in [-0.1, -0.05) is 36.2 Å². The van der Waals surface area contributed by atoms with E-state index in [-0.39, 0.29) is 5.91 Å². The molecular weight excluding hydrogens is 460 g/mol. The molecule has 6 rings (SSSR count). The van der Waals surface area contributed by atoms with Gasteiger partial charge in [0.1, 0.15) is 5.82 Å². The SMILES string of the molecule is O=C(CSc1c[nH]c2ccccc12)N1CCN(c2ccc(-c3noc(C4CCCC4)n3)cn2)CC1. The number of para-hydroxylation sites is 1. The van der Waals surface area contributed by atoms with Crippen molar-refractivity contribution in [3.8, 4) is 11.4 Å². The number of aromatic amines is 1. The van der Waals surface area contributed by atoms with Gasteiger partial charge in [-0.15, -0.1) is 11.8 Å². The van der Waals surface area contributed by atoms with Crippen LogP contribution in [0.25, 0.3) is 22.3 Å². The van der Waals surface area contributed by atoms with E-state index in [0.717, 1.165) is 53.6 Å². The number of pyridine rings is 1. The summed E-state index contributed by atoms with van der Waals surface area (Å²) in [7, 11) is 0. The van der Waals surface area contributed by atoms with Gasteiger partial charge in [0.25, 0.3) is 0 Å². The first-order valence-corrected chi connectivity index (χ1v) is 13.2. The van der Waals surface area contributed by atoms with Crippen LogP contribution in [0, 0.1) is 0 Å². The van der Waals surface area contributed by atoms with E-state index in [9.17, 15) is 4.79 Å². The lowest BCUT2D eigenvalue weighted by molar-refractivity contribution is -0.128. The van der Waals surface area contributed by atoms with Gasteiger partial charge in [0.05, 0.1) is 5.75 Å². The number of carbonyl (C=O) groups excluding carboxylic acids is 1. The van der Waals surface area contributed by atoms with E-state index in [2.05, 4.69) is 37.1 Å². The number of hydrogen-bond acceptors (Lipinski definition) is 7. The van der Waals surface area contributed by atoms with Crippen molar-refractivity contribution in [3.63, 3.8) is 0 Å². The molecule has 0 atom stereocenters. The molecule has 0 bridgehead atoms. The summed E-state index contributed by atoms with van der Waals surface area (Å²) in [5, 5.41) is 5.33. The molecule has 4 aromatic rings. The van der Waals surface area contributed by atoms with Crippen LogP contribution in [0.3, 0.4) is 0 Å². The van der Waals surface area contributed by atoms with E-state index in [1.54, 1.807) is 11.8 Å². The van der Waals surface area contributed by atoms with Crippen LogP contribution in [0.1, 0.15) is 37.5 Å². The van der Waals surface area contributed by atoms with Gasteiger partial charge in [-0.25, -0.2) is 4.98 Å². The number of nitrogens with zero attached hydrogens (tertiary/aromatic N) is 5. The second-order valence-electron chi connectivity index (χ2n) is 9.20. The van der Waals surface area contributed by atoms with Crippen LogP contribution >= 0.6 is 11.8 Å². The smallest absolute Gasteiger partial charge is 0.233 e. The second kappa shape index (κ2) is 9.73. The molecule has 0 radical (unpaired) electrons. The molecule has 3 aromatic heterocycles. The van der Waals surface area contributed by atoms with Crippen molar-refractivity contribution in [3.05, 3.63) is 54.7 Å². The van der Waals surface area contributed by atoms with Crippen LogP contribution in [0.5, 0.6) is 0 Å². The molecule has 35 heavy (non-hydrogen) atoms. The summed E-state index contributed by atoms with van der Waals surface area (Å²) in [6.45, 7) is 2.94. The van der Waals surface area contributed by atoms with Crippen LogP contribution in [-0.4, -0.2) is 62.8 Å². The standard InChI is InChI=1S/C26H28N6O2S/c33-24(17-35-22-16-27-21-8-4-3-7-20(21)22)32-13-11-31(12-14-32)23-10-9-19(15-28-23)25-29-26(34-30-25)18-5-1-2-6-18/h3-4,7-10,15-16,18,27H,1-2,5-6,11-14,17H2. The largest absolute Gasteiger partial charge is 0.360 e. The highest BCUT2D eigenvalue weighted by molar-refractivity contribution is 8.00. The van der Waals surface area contributed by atoms with Gasteiger partial charge in [0.2, 0.25) is 17.6 Å². The zero-order valence-corrected chi connectivity index (χ0v) is 20.3. The van der Waals surface area contributed by atoms with Gasteiger partial charge in [-0.3, -0.25) is 4.79 Å². The number of anilines is 1. The van der Waals surface area contributed by atoms with Gasteiger partial charge in [0, 0.05) is 65.9 Å². The number of thioether (sulfide) groups is 1. The summed E-state index contributed by atoms with van der Waals surface area (Å²) in [5.74, 6) is 3.30. The molecule has 1 amide bonds. The molecule has 8 nitrogen and oxygen atoms in total. The van der Waals surface area contributed by atoms with Crippen molar-refractivity contribution in [1.29, 1.82) is 0 Å². The first-order valence-electron chi connectivity index (χ1n) is 12.3. The predicted molar refractivity (Wildman–Crippen MR) is 137 cm³/mol. The average molecular weight is 489 g/mol. The van der Waals surface area contributed by atoms with Crippen LogP contribution < -0.4 is 4.90 Å². The Bertz CT molecular complexity index is 1300. The average Bonchev–Trinajstić information content (AvgIpc) is 3.68. The van der Waals surface area contributed by atoms with Crippen LogP contribution in [-0.2, 0) is 4.79 Å². The third-order valence-electron chi connectivity index (χ3n) is 7.01. The number of nitrogens with one attached hydrogen (secondary N) is 1. The molecule has 1 saturated heterocycles. The summed E-state index contributed by atoms with van der Waals surface area (Å²) >= 11 is 1.60. The molecule has 2 fully saturated rings. The number of rotatable bonds is 6. The fourth-order valence-corrected chi connectivity index (χ4v) is 5.91. The van der Waals surface area contributed by atoms with Crippen LogP contribution in [0.4, 0.5) is 5.82 Å². The predicted octanol–water partition coefficient (Wildman–Crippen LogP) is 4.71. The lowest BCUT2D eigenvalue weighted by Gasteiger charge is -2.35. The first-order chi connectivity index (χ1) is 17.2. The third kappa shape index (κ3) is 4.65. The Hall–Kier alpha value is -3.33. The number of H-pyrrole nitrogens is 1. The second-order valence-corrected chi connectivity index (χ2v) is 10.2. The monoisotopic (exact) mass is 488 g/mol. The van der Waals surface area contributed by atoms with Gasteiger partial charge in [0.15, 0.2) is 0 Å². The molecular formula is C26H28N6O2S. The fourth-order valence-electron chi connectivity index (χ4n) is 4.98. The summed E-state index contributed by atoms with van der Waals surface area (Å²) < 4.78 is 5.51. The van der Waals surface area contributed by atoms with E-state index < -0.39 is 0 Å². The molecule has 0 unspecified atom stereocenters. The molecule has 9 heteroatoms. The number of benzene rings is 1. The number of hydrogen-bond donors (Lipinski definition) is 1. The molecule has 1 aliphatic carbocycles. The minimum atomic E-state index is 0.179.